The molecule has 0 amide bonds. The van der Waals surface area contributed by atoms with E-state index in [1.807, 2.05) is 18.9 Å². The quantitative estimate of drug-likeness (QED) is 0.730. The molecule has 2 N–H and O–H groups in total. The zero-order valence-corrected chi connectivity index (χ0v) is 13.2. The lowest BCUT2D eigenvalue weighted by Gasteiger charge is -2.18. The lowest BCUT2D eigenvalue weighted by molar-refractivity contribution is 0.196. The van der Waals surface area contributed by atoms with Crippen LogP contribution in [0.1, 0.15) is 19.8 Å². The van der Waals surface area contributed by atoms with Gasteiger partial charge in [0.1, 0.15) is 9.90 Å². The number of anilines is 2. The molecule has 0 aliphatic heterocycles. The second-order valence-electron chi connectivity index (χ2n) is 4.29. The van der Waals surface area contributed by atoms with Crippen LogP contribution in [0.15, 0.2) is 4.90 Å². The third-order valence-corrected chi connectivity index (χ3v) is 5.71. The topological polar surface area (TPSA) is 85.5 Å². The van der Waals surface area contributed by atoms with Crippen molar-refractivity contribution in [1.29, 1.82) is 0 Å². The van der Waals surface area contributed by atoms with E-state index in [9.17, 15) is 8.42 Å². The van der Waals surface area contributed by atoms with Crippen molar-refractivity contribution in [1.82, 2.24) is 4.37 Å². The molecule has 110 valence electrons. The Hall–Kier alpha value is -0.860. The fourth-order valence-electron chi connectivity index (χ4n) is 1.74. The summed E-state index contributed by atoms with van der Waals surface area (Å²) in [4.78, 5) is 2.05. The average Bonchev–Trinajstić information content (AvgIpc) is 2.72. The predicted molar refractivity (Wildman–Crippen MR) is 78.6 cm³/mol. The highest BCUT2D eigenvalue weighted by molar-refractivity contribution is 7.91. The molecule has 0 aromatic carbocycles. The second-order valence-corrected chi connectivity index (χ2v) is 7.09. The van der Waals surface area contributed by atoms with E-state index in [1.165, 1.54) is 0 Å². The Labute approximate surface area is 118 Å². The molecular formula is C11H21N3O3S2. The van der Waals surface area contributed by atoms with Crippen molar-refractivity contribution in [3.63, 3.8) is 0 Å². The summed E-state index contributed by atoms with van der Waals surface area (Å²) in [5.41, 5.74) is 5.72. The van der Waals surface area contributed by atoms with Gasteiger partial charge >= 0.3 is 0 Å². The van der Waals surface area contributed by atoms with Crippen LogP contribution in [0.5, 0.6) is 0 Å². The van der Waals surface area contributed by atoms with E-state index in [-0.39, 0.29) is 16.5 Å². The number of hydrogen-bond acceptors (Lipinski definition) is 7. The maximum Gasteiger partial charge on any atom is 0.185 e. The molecular weight excluding hydrogens is 286 g/mol. The van der Waals surface area contributed by atoms with Crippen LogP contribution in [0, 0.1) is 0 Å². The summed E-state index contributed by atoms with van der Waals surface area (Å²) in [5, 5.41) is 0.613. The Morgan fingerprint density at radius 2 is 2.16 bits per heavy atom. The van der Waals surface area contributed by atoms with Gasteiger partial charge in [0.05, 0.1) is 5.75 Å². The Balaban J connectivity index is 2.97. The number of sulfone groups is 1. The van der Waals surface area contributed by atoms with Crippen LogP contribution in [0.3, 0.4) is 0 Å². The van der Waals surface area contributed by atoms with Crippen LogP contribution >= 0.6 is 11.5 Å². The standard InChI is InChI=1S/C11H21N3O3S2/c1-4-8-19(15,16)9-10(12)13-18-11(9)14(2)6-5-7-17-3/h4-8H2,1-3H3,(H2,12,13). The highest BCUT2D eigenvalue weighted by atomic mass is 32.2. The summed E-state index contributed by atoms with van der Waals surface area (Å²) in [5.74, 6) is 0.196. The van der Waals surface area contributed by atoms with Gasteiger partial charge in [0.2, 0.25) is 0 Å². The van der Waals surface area contributed by atoms with E-state index < -0.39 is 9.84 Å². The van der Waals surface area contributed by atoms with E-state index in [2.05, 4.69) is 4.37 Å². The van der Waals surface area contributed by atoms with E-state index in [0.717, 1.165) is 18.0 Å². The summed E-state index contributed by atoms with van der Waals surface area (Å²) in [6, 6.07) is 0. The number of nitrogens with zero attached hydrogens (tertiary/aromatic N) is 2. The zero-order chi connectivity index (χ0) is 14.5. The normalized spacial score (nSPS) is 11.7. The first-order valence-corrected chi connectivity index (χ1v) is 8.54. The van der Waals surface area contributed by atoms with Gasteiger partial charge in [0.25, 0.3) is 0 Å². The van der Waals surface area contributed by atoms with Gasteiger partial charge in [-0.15, -0.1) is 0 Å². The van der Waals surface area contributed by atoms with Crippen LogP contribution < -0.4 is 10.6 Å². The number of methoxy groups -OCH3 is 1. The van der Waals surface area contributed by atoms with E-state index in [0.29, 0.717) is 24.6 Å². The third-order valence-electron chi connectivity index (χ3n) is 2.63. The summed E-state index contributed by atoms with van der Waals surface area (Å²) in [6.07, 6.45) is 1.38. The van der Waals surface area contributed by atoms with Crippen molar-refractivity contribution in [2.24, 2.45) is 0 Å². The molecule has 0 saturated heterocycles. The number of ether oxygens (including phenoxy) is 1. The molecule has 0 aliphatic carbocycles. The fraction of sp³-hybridized carbons (Fsp3) is 0.727. The summed E-state index contributed by atoms with van der Waals surface area (Å²) < 4.78 is 33.4. The maximum absolute atomic E-state index is 12.2. The minimum atomic E-state index is -3.35. The van der Waals surface area contributed by atoms with E-state index >= 15 is 0 Å². The molecule has 0 spiro atoms. The number of aromatic nitrogens is 1. The van der Waals surface area contributed by atoms with Crippen molar-refractivity contribution >= 4 is 32.2 Å². The summed E-state index contributed by atoms with van der Waals surface area (Å²) in [7, 11) is 0.128. The lowest BCUT2D eigenvalue weighted by atomic mass is 10.4. The lowest BCUT2D eigenvalue weighted by Crippen LogP contribution is -2.21. The molecule has 0 aliphatic rings. The molecule has 1 aromatic heterocycles. The Bertz CT molecular complexity index is 499. The maximum atomic E-state index is 12.2. The molecule has 1 aromatic rings. The monoisotopic (exact) mass is 307 g/mol. The van der Waals surface area contributed by atoms with Crippen LogP contribution in [-0.2, 0) is 14.6 Å². The number of rotatable bonds is 8. The number of hydrogen-bond donors (Lipinski definition) is 1. The van der Waals surface area contributed by atoms with Crippen LogP contribution in [0.4, 0.5) is 10.8 Å². The molecule has 1 rings (SSSR count). The van der Waals surface area contributed by atoms with Gasteiger partial charge in [0.15, 0.2) is 15.7 Å². The summed E-state index contributed by atoms with van der Waals surface area (Å²) in [6.45, 7) is 3.16. The Morgan fingerprint density at radius 1 is 1.47 bits per heavy atom. The van der Waals surface area contributed by atoms with Crippen LogP contribution in [-0.4, -0.2) is 45.9 Å². The largest absolute Gasteiger partial charge is 0.385 e. The number of nitrogen functional groups attached to an aromatic ring is 1. The molecule has 0 unspecified atom stereocenters. The first kappa shape index (κ1) is 16.2. The Kier molecular flexibility index (Phi) is 6.02. The molecule has 0 saturated carbocycles. The molecule has 8 heteroatoms. The van der Waals surface area contributed by atoms with Crippen LogP contribution in [0.25, 0.3) is 0 Å². The van der Waals surface area contributed by atoms with Crippen molar-refractivity contribution in [2.75, 3.05) is 43.7 Å². The zero-order valence-electron chi connectivity index (χ0n) is 11.5. The predicted octanol–water partition coefficient (Wildman–Crippen LogP) is 1.38. The van der Waals surface area contributed by atoms with Crippen molar-refractivity contribution in [3.05, 3.63) is 0 Å². The molecule has 0 radical (unpaired) electrons. The van der Waals surface area contributed by atoms with Gasteiger partial charge in [-0.1, -0.05) is 6.92 Å². The average molecular weight is 307 g/mol. The van der Waals surface area contributed by atoms with Gasteiger partial charge in [-0.05, 0) is 24.4 Å². The molecule has 0 fully saturated rings. The van der Waals surface area contributed by atoms with Gasteiger partial charge in [-0.25, -0.2) is 8.42 Å². The van der Waals surface area contributed by atoms with Gasteiger partial charge in [0, 0.05) is 27.3 Å². The van der Waals surface area contributed by atoms with Crippen molar-refractivity contribution in [3.8, 4) is 0 Å². The Morgan fingerprint density at radius 3 is 2.74 bits per heavy atom. The smallest absolute Gasteiger partial charge is 0.185 e. The molecule has 1 heterocycles. The first-order chi connectivity index (χ1) is 8.94. The van der Waals surface area contributed by atoms with Gasteiger partial charge < -0.3 is 15.4 Å². The third kappa shape index (κ3) is 4.05. The number of nitrogens with two attached hydrogens (primary N) is 1. The van der Waals surface area contributed by atoms with E-state index in [1.54, 1.807) is 7.11 Å². The van der Waals surface area contributed by atoms with E-state index in [4.69, 9.17) is 10.5 Å². The second kappa shape index (κ2) is 7.06. The molecule has 0 atom stereocenters. The van der Waals surface area contributed by atoms with Crippen molar-refractivity contribution in [2.45, 2.75) is 24.7 Å². The first-order valence-electron chi connectivity index (χ1n) is 6.12. The van der Waals surface area contributed by atoms with Crippen LogP contribution in [0.2, 0.25) is 0 Å². The summed E-state index contributed by atoms with van der Waals surface area (Å²) >= 11 is 1.13. The SMILES string of the molecule is CCCS(=O)(=O)c1c(N)nsc1N(C)CCCOC. The fourth-order valence-corrected chi connectivity index (χ4v) is 4.51. The minimum Gasteiger partial charge on any atom is -0.385 e. The highest BCUT2D eigenvalue weighted by Gasteiger charge is 2.26. The minimum absolute atomic E-state index is 0.0918. The van der Waals surface area contributed by atoms with Gasteiger partial charge in [-0.2, -0.15) is 4.37 Å². The molecule has 0 bridgehead atoms. The van der Waals surface area contributed by atoms with Crippen molar-refractivity contribution < 1.29 is 13.2 Å². The molecule has 19 heavy (non-hydrogen) atoms. The highest BCUT2D eigenvalue weighted by Crippen LogP contribution is 2.34. The molecule has 6 nitrogen and oxygen atoms in total. The van der Waals surface area contributed by atoms with Gasteiger partial charge in [-0.3, -0.25) is 0 Å².